The molecule has 1 N–H and O–H groups in total. The Bertz CT molecular complexity index is 542. The van der Waals surface area contributed by atoms with Gasteiger partial charge < -0.3 is 5.11 Å². The Labute approximate surface area is 101 Å². The second-order valence-electron chi connectivity index (χ2n) is 3.25. The summed E-state index contributed by atoms with van der Waals surface area (Å²) in [5.41, 5.74) is 0.133. The molecule has 0 radical (unpaired) electrons. The SMILES string of the molecule is O=C(O)c1ccc(Sc2cccc(F)c2)nc1. The van der Waals surface area contributed by atoms with Crippen molar-refractivity contribution in [2.24, 2.45) is 0 Å². The third-order valence-electron chi connectivity index (χ3n) is 2.00. The largest absolute Gasteiger partial charge is 0.478 e. The van der Waals surface area contributed by atoms with E-state index in [4.69, 9.17) is 5.11 Å². The van der Waals surface area contributed by atoms with E-state index in [1.54, 1.807) is 18.2 Å². The highest BCUT2D eigenvalue weighted by Gasteiger charge is 2.04. The van der Waals surface area contributed by atoms with E-state index in [2.05, 4.69) is 4.98 Å². The quantitative estimate of drug-likeness (QED) is 0.908. The van der Waals surface area contributed by atoms with Crippen LogP contribution in [0.2, 0.25) is 0 Å². The van der Waals surface area contributed by atoms with Crippen LogP contribution in [0.5, 0.6) is 0 Å². The number of hydrogen-bond acceptors (Lipinski definition) is 3. The minimum Gasteiger partial charge on any atom is -0.478 e. The minimum absolute atomic E-state index is 0.133. The van der Waals surface area contributed by atoms with Crippen LogP contribution in [0.25, 0.3) is 0 Å². The van der Waals surface area contributed by atoms with Crippen LogP contribution in [-0.4, -0.2) is 16.1 Å². The second-order valence-corrected chi connectivity index (χ2v) is 4.34. The van der Waals surface area contributed by atoms with Crippen LogP contribution in [0, 0.1) is 5.82 Å². The van der Waals surface area contributed by atoms with Crippen molar-refractivity contribution < 1.29 is 14.3 Å². The zero-order valence-electron chi connectivity index (χ0n) is 8.63. The topological polar surface area (TPSA) is 50.2 Å². The molecule has 0 saturated carbocycles. The highest BCUT2D eigenvalue weighted by molar-refractivity contribution is 7.99. The van der Waals surface area contributed by atoms with Gasteiger partial charge in [0.1, 0.15) is 10.8 Å². The van der Waals surface area contributed by atoms with Crippen LogP contribution < -0.4 is 0 Å². The Morgan fingerprint density at radius 2 is 2.12 bits per heavy atom. The number of aromatic carboxylic acids is 1. The molecule has 1 heterocycles. The van der Waals surface area contributed by atoms with Gasteiger partial charge in [-0.15, -0.1) is 0 Å². The molecule has 1 aromatic carbocycles. The molecule has 0 saturated heterocycles. The van der Waals surface area contributed by atoms with Crippen LogP contribution in [0.3, 0.4) is 0 Å². The molecule has 0 aliphatic rings. The van der Waals surface area contributed by atoms with Gasteiger partial charge in [0.25, 0.3) is 0 Å². The Kier molecular flexibility index (Phi) is 3.39. The minimum atomic E-state index is -1.01. The van der Waals surface area contributed by atoms with E-state index >= 15 is 0 Å². The molecular weight excluding hydrogens is 241 g/mol. The average Bonchev–Trinajstić information content (AvgIpc) is 2.29. The zero-order chi connectivity index (χ0) is 12.3. The molecule has 86 valence electrons. The molecule has 17 heavy (non-hydrogen) atoms. The van der Waals surface area contributed by atoms with Crippen molar-refractivity contribution in [2.45, 2.75) is 9.92 Å². The fourth-order valence-corrected chi connectivity index (χ4v) is 2.02. The summed E-state index contributed by atoms with van der Waals surface area (Å²) in [6.07, 6.45) is 1.28. The number of rotatable bonds is 3. The van der Waals surface area contributed by atoms with Gasteiger partial charge in [0.2, 0.25) is 0 Å². The Morgan fingerprint density at radius 3 is 2.71 bits per heavy atom. The maximum absolute atomic E-state index is 12.9. The lowest BCUT2D eigenvalue weighted by Gasteiger charge is -2.01. The monoisotopic (exact) mass is 249 g/mol. The molecule has 2 aromatic rings. The van der Waals surface area contributed by atoms with Gasteiger partial charge in [-0.25, -0.2) is 14.2 Å². The molecule has 2 rings (SSSR count). The van der Waals surface area contributed by atoms with Crippen molar-refractivity contribution in [3.63, 3.8) is 0 Å². The maximum atomic E-state index is 12.9. The predicted octanol–water partition coefficient (Wildman–Crippen LogP) is 3.07. The maximum Gasteiger partial charge on any atom is 0.337 e. The number of pyridine rings is 1. The highest BCUT2D eigenvalue weighted by Crippen LogP contribution is 2.26. The summed E-state index contributed by atoms with van der Waals surface area (Å²) in [7, 11) is 0. The first-order valence-corrected chi connectivity index (χ1v) is 5.59. The molecule has 0 fully saturated rings. The lowest BCUT2D eigenvalue weighted by Crippen LogP contribution is -1.96. The molecule has 0 atom stereocenters. The first kappa shape index (κ1) is 11.6. The normalized spacial score (nSPS) is 10.2. The van der Waals surface area contributed by atoms with Gasteiger partial charge in [0.15, 0.2) is 0 Å². The summed E-state index contributed by atoms with van der Waals surface area (Å²) >= 11 is 1.28. The lowest BCUT2D eigenvalue weighted by atomic mass is 10.3. The molecule has 0 aliphatic carbocycles. The van der Waals surface area contributed by atoms with E-state index in [0.29, 0.717) is 5.03 Å². The van der Waals surface area contributed by atoms with Crippen molar-refractivity contribution in [3.8, 4) is 0 Å². The molecule has 0 unspecified atom stereocenters. The molecule has 3 nitrogen and oxygen atoms in total. The molecule has 0 aliphatic heterocycles. The van der Waals surface area contributed by atoms with Gasteiger partial charge in [-0.2, -0.15) is 0 Å². The molecule has 0 amide bonds. The van der Waals surface area contributed by atoms with Crippen molar-refractivity contribution in [2.75, 3.05) is 0 Å². The lowest BCUT2D eigenvalue weighted by molar-refractivity contribution is 0.0696. The smallest absolute Gasteiger partial charge is 0.337 e. The van der Waals surface area contributed by atoms with E-state index in [-0.39, 0.29) is 11.4 Å². The van der Waals surface area contributed by atoms with Crippen molar-refractivity contribution in [1.82, 2.24) is 4.98 Å². The molecule has 5 heteroatoms. The van der Waals surface area contributed by atoms with E-state index in [1.807, 2.05) is 0 Å². The van der Waals surface area contributed by atoms with Crippen molar-refractivity contribution in [3.05, 3.63) is 54.0 Å². The summed E-state index contributed by atoms with van der Waals surface area (Å²) in [5.74, 6) is -1.32. The van der Waals surface area contributed by atoms with Gasteiger partial charge in [-0.05, 0) is 30.3 Å². The number of benzene rings is 1. The van der Waals surface area contributed by atoms with E-state index in [9.17, 15) is 9.18 Å². The standard InChI is InChI=1S/C12H8FNO2S/c13-9-2-1-3-10(6-9)17-11-5-4-8(7-14-11)12(15)16/h1-7H,(H,15,16). The number of halogens is 1. The highest BCUT2D eigenvalue weighted by atomic mass is 32.2. The number of nitrogens with zero attached hydrogens (tertiary/aromatic N) is 1. The average molecular weight is 249 g/mol. The second kappa shape index (κ2) is 4.97. The summed E-state index contributed by atoms with van der Waals surface area (Å²) < 4.78 is 12.9. The van der Waals surface area contributed by atoms with Gasteiger partial charge >= 0.3 is 5.97 Å². The first-order chi connectivity index (χ1) is 8.15. The van der Waals surface area contributed by atoms with Crippen molar-refractivity contribution in [1.29, 1.82) is 0 Å². The summed E-state index contributed by atoms with van der Waals surface area (Å²) in [4.78, 5) is 15.3. The number of carbonyl (C=O) groups is 1. The third kappa shape index (κ3) is 3.04. The Balaban J connectivity index is 2.16. The third-order valence-corrected chi connectivity index (χ3v) is 2.94. The number of carboxylic acids is 1. The number of aromatic nitrogens is 1. The summed E-state index contributed by atoms with van der Waals surface area (Å²) in [6.45, 7) is 0. The van der Waals surface area contributed by atoms with E-state index < -0.39 is 5.97 Å². The fourth-order valence-electron chi connectivity index (χ4n) is 1.22. The molecule has 1 aromatic heterocycles. The van der Waals surface area contributed by atoms with Crippen LogP contribution in [-0.2, 0) is 0 Å². The van der Waals surface area contributed by atoms with Crippen LogP contribution in [0.15, 0.2) is 52.5 Å². The van der Waals surface area contributed by atoms with Gasteiger partial charge in [0, 0.05) is 11.1 Å². The molecular formula is C12H8FNO2S. The van der Waals surface area contributed by atoms with Gasteiger partial charge in [-0.3, -0.25) is 0 Å². The Hall–Kier alpha value is -1.88. The van der Waals surface area contributed by atoms with Crippen molar-refractivity contribution >= 4 is 17.7 Å². The zero-order valence-corrected chi connectivity index (χ0v) is 9.45. The number of carboxylic acid groups (broad SMARTS) is 1. The predicted molar refractivity (Wildman–Crippen MR) is 61.7 cm³/mol. The van der Waals surface area contributed by atoms with Gasteiger partial charge in [-0.1, -0.05) is 17.8 Å². The molecule has 0 bridgehead atoms. The van der Waals surface area contributed by atoms with Crippen LogP contribution in [0.4, 0.5) is 4.39 Å². The van der Waals surface area contributed by atoms with Crippen LogP contribution >= 0.6 is 11.8 Å². The summed E-state index contributed by atoms with van der Waals surface area (Å²) in [5, 5.41) is 9.33. The van der Waals surface area contributed by atoms with Crippen LogP contribution in [0.1, 0.15) is 10.4 Å². The van der Waals surface area contributed by atoms with E-state index in [0.717, 1.165) is 4.90 Å². The van der Waals surface area contributed by atoms with E-state index in [1.165, 1.54) is 36.2 Å². The number of hydrogen-bond donors (Lipinski definition) is 1. The first-order valence-electron chi connectivity index (χ1n) is 4.78. The summed E-state index contributed by atoms with van der Waals surface area (Å²) in [6, 6.07) is 9.21. The fraction of sp³-hybridized carbons (Fsp3) is 0. The molecule has 0 spiro atoms. The Morgan fingerprint density at radius 1 is 1.29 bits per heavy atom. The van der Waals surface area contributed by atoms with Gasteiger partial charge in [0.05, 0.1) is 5.56 Å².